The van der Waals surface area contributed by atoms with Gasteiger partial charge in [-0.05, 0) is 37.3 Å². The number of carbonyl (C=O) groups excluding carboxylic acids is 1. The summed E-state index contributed by atoms with van der Waals surface area (Å²) in [5.41, 5.74) is -0.345. The van der Waals surface area contributed by atoms with Gasteiger partial charge >= 0.3 is 22.4 Å². The van der Waals surface area contributed by atoms with Gasteiger partial charge in [-0.15, -0.1) is 0 Å². The van der Waals surface area contributed by atoms with E-state index in [-0.39, 0.29) is 17.5 Å². The van der Waals surface area contributed by atoms with Crippen LogP contribution in [0.25, 0.3) is 0 Å². The van der Waals surface area contributed by atoms with Gasteiger partial charge in [-0.3, -0.25) is 5.32 Å². The maximum Gasteiger partial charge on any atom is 0.416 e. The molecule has 0 aliphatic carbocycles. The van der Waals surface area contributed by atoms with Crippen LogP contribution in [0.4, 0.5) is 29.3 Å². The molecule has 0 bridgehead atoms. The van der Waals surface area contributed by atoms with Crippen molar-refractivity contribution in [2.75, 3.05) is 11.3 Å². The van der Waals surface area contributed by atoms with E-state index in [9.17, 15) is 26.4 Å². The van der Waals surface area contributed by atoms with Gasteiger partial charge in [0.05, 0.1) is 23.5 Å². The zero-order chi connectivity index (χ0) is 21.9. The first kappa shape index (κ1) is 21.8. The Kier molecular flexibility index (Phi) is 6.12. The molecular formula is C17H14F3N3O5S2. The third-order valence-electron chi connectivity index (χ3n) is 3.59. The molecule has 13 heteroatoms. The molecule has 8 nitrogen and oxygen atoms in total. The number of alkyl carbamates (subject to hydrolysis) is 1. The van der Waals surface area contributed by atoms with Crippen molar-refractivity contribution in [1.82, 2.24) is 5.32 Å². The number of alkyl halides is 3. The summed E-state index contributed by atoms with van der Waals surface area (Å²) < 4.78 is 75.8. The molecule has 0 unspecified atom stereocenters. The number of amides is 1. The molecule has 0 aromatic heterocycles. The quantitative estimate of drug-likeness (QED) is 0.517. The molecule has 1 aliphatic heterocycles. The van der Waals surface area contributed by atoms with Crippen LogP contribution in [0.5, 0.6) is 5.75 Å². The topological polar surface area (TPSA) is 106 Å². The lowest BCUT2D eigenvalue weighted by atomic mass is 10.2. The number of rotatable bonds is 4. The highest BCUT2D eigenvalue weighted by molar-refractivity contribution is 8.15. The highest BCUT2D eigenvalue weighted by atomic mass is 32.2. The van der Waals surface area contributed by atoms with Gasteiger partial charge in [0, 0.05) is 18.0 Å². The number of aliphatic imine (C=N–C) groups is 1. The number of hydrogen-bond donors (Lipinski definition) is 2. The van der Waals surface area contributed by atoms with Gasteiger partial charge in [0.1, 0.15) is 10.6 Å². The number of hydrogen-bond acceptors (Lipinski definition) is 8. The number of halogens is 3. The van der Waals surface area contributed by atoms with Crippen molar-refractivity contribution in [1.29, 1.82) is 0 Å². The molecule has 2 aromatic rings. The van der Waals surface area contributed by atoms with Gasteiger partial charge in [-0.2, -0.15) is 21.6 Å². The van der Waals surface area contributed by atoms with Gasteiger partial charge in [0.25, 0.3) is 0 Å². The van der Waals surface area contributed by atoms with Gasteiger partial charge in [0.2, 0.25) is 0 Å². The SMILES string of the molecule is CCOC(=O)NC1=Nc2ccc(OS(=O)(=O)c3cccc(C(F)(F)F)c3)cc2NS1. The van der Waals surface area contributed by atoms with Crippen LogP contribution in [0.2, 0.25) is 0 Å². The molecule has 3 rings (SSSR count). The predicted molar refractivity (Wildman–Crippen MR) is 104 cm³/mol. The molecule has 0 fully saturated rings. The fourth-order valence-corrected chi connectivity index (χ4v) is 3.91. The van der Waals surface area contributed by atoms with E-state index in [2.05, 4.69) is 15.0 Å². The Morgan fingerprint density at radius 1 is 1.23 bits per heavy atom. The molecule has 0 saturated carbocycles. The maximum atomic E-state index is 12.8. The van der Waals surface area contributed by atoms with Crippen molar-refractivity contribution in [2.45, 2.75) is 18.0 Å². The second-order valence-electron chi connectivity index (χ2n) is 5.71. The Hall–Kier alpha value is -2.93. The summed E-state index contributed by atoms with van der Waals surface area (Å²) in [5.74, 6) is -0.128. The number of anilines is 1. The predicted octanol–water partition coefficient (Wildman–Crippen LogP) is 4.28. The molecule has 1 amide bonds. The smallest absolute Gasteiger partial charge is 0.416 e. The summed E-state index contributed by atoms with van der Waals surface area (Å²) in [6, 6.07) is 7.28. The summed E-state index contributed by atoms with van der Waals surface area (Å²) in [5, 5.41) is 2.64. The lowest BCUT2D eigenvalue weighted by molar-refractivity contribution is -0.137. The van der Waals surface area contributed by atoms with Crippen LogP contribution in [0.3, 0.4) is 0 Å². The molecule has 0 atom stereocenters. The Morgan fingerprint density at radius 2 is 2.00 bits per heavy atom. The van der Waals surface area contributed by atoms with E-state index in [0.29, 0.717) is 17.4 Å². The van der Waals surface area contributed by atoms with Crippen LogP contribution >= 0.6 is 11.9 Å². The van der Waals surface area contributed by atoms with Crippen molar-refractivity contribution >= 4 is 44.7 Å². The molecule has 2 aromatic carbocycles. The fraction of sp³-hybridized carbons (Fsp3) is 0.176. The van der Waals surface area contributed by atoms with Crippen molar-refractivity contribution in [3.63, 3.8) is 0 Å². The summed E-state index contributed by atoms with van der Waals surface area (Å²) in [6.45, 7) is 1.84. The Labute approximate surface area is 173 Å². The average molecular weight is 461 g/mol. The van der Waals surface area contributed by atoms with Gasteiger partial charge in [-0.1, -0.05) is 6.07 Å². The number of amidine groups is 1. The first-order valence-electron chi connectivity index (χ1n) is 8.29. The zero-order valence-electron chi connectivity index (χ0n) is 15.2. The Balaban J connectivity index is 1.79. The first-order valence-corrected chi connectivity index (χ1v) is 10.5. The summed E-state index contributed by atoms with van der Waals surface area (Å²) in [7, 11) is -4.50. The molecule has 2 N–H and O–H groups in total. The van der Waals surface area contributed by atoms with E-state index in [0.717, 1.165) is 30.1 Å². The zero-order valence-corrected chi connectivity index (χ0v) is 16.8. The molecule has 0 saturated heterocycles. The molecule has 1 heterocycles. The van der Waals surface area contributed by atoms with Crippen LogP contribution < -0.4 is 14.2 Å². The average Bonchev–Trinajstić information content (AvgIpc) is 2.67. The highest BCUT2D eigenvalue weighted by Crippen LogP contribution is 2.36. The van der Waals surface area contributed by atoms with E-state index in [4.69, 9.17) is 8.92 Å². The van der Waals surface area contributed by atoms with Gasteiger partial charge in [0.15, 0.2) is 5.17 Å². The molecule has 0 spiro atoms. The number of benzene rings is 2. The lowest BCUT2D eigenvalue weighted by Gasteiger charge is -2.17. The lowest BCUT2D eigenvalue weighted by Crippen LogP contribution is -2.30. The van der Waals surface area contributed by atoms with Crippen LogP contribution in [0.1, 0.15) is 12.5 Å². The van der Waals surface area contributed by atoms with Gasteiger partial charge in [-0.25, -0.2) is 9.79 Å². The van der Waals surface area contributed by atoms with Crippen molar-refractivity contribution in [3.8, 4) is 5.75 Å². The van der Waals surface area contributed by atoms with E-state index in [1.165, 1.54) is 18.2 Å². The summed E-state index contributed by atoms with van der Waals surface area (Å²) in [4.78, 5) is 15.0. The molecule has 160 valence electrons. The minimum Gasteiger partial charge on any atom is -0.450 e. The molecule has 1 aliphatic rings. The number of carbonyl (C=O) groups is 1. The maximum absolute atomic E-state index is 12.8. The number of nitrogens with zero attached hydrogens (tertiary/aromatic N) is 1. The van der Waals surface area contributed by atoms with Crippen molar-refractivity contribution in [3.05, 3.63) is 48.0 Å². The second-order valence-corrected chi connectivity index (χ2v) is 8.05. The molecule has 0 radical (unpaired) electrons. The van der Waals surface area contributed by atoms with Crippen LogP contribution in [0.15, 0.2) is 52.4 Å². The Bertz CT molecular complexity index is 1100. The van der Waals surface area contributed by atoms with Crippen LogP contribution in [-0.4, -0.2) is 26.3 Å². The van der Waals surface area contributed by atoms with Crippen LogP contribution in [-0.2, 0) is 21.0 Å². The third kappa shape index (κ3) is 5.16. The van der Waals surface area contributed by atoms with E-state index in [1.807, 2.05) is 0 Å². The standard InChI is InChI=1S/C17H14F3N3O5S2/c1-2-27-16(24)22-15-21-13-7-6-11(9-14(13)23-29-15)28-30(25,26)12-5-3-4-10(8-12)17(18,19)20/h3-9,23H,2H2,1H3,(H,21,22,24). The van der Waals surface area contributed by atoms with E-state index in [1.54, 1.807) is 6.92 Å². The third-order valence-corrected chi connectivity index (χ3v) is 5.54. The summed E-state index contributed by atoms with van der Waals surface area (Å²) in [6.07, 6.45) is -5.37. The number of fused-ring (bicyclic) bond motifs is 1. The molecule has 30 heavy (non-hydrogen) atoms. The molecular weight excluding hydrogens is 447 g/mol. The highest BCUT2D eigenvalue weighted by Gasteiger charge is 2.32. The normalized spacial score (nSPS) is 13.5. The van der Waals surface area contributed by atoms with E-state index >= 15 is 0 Å². The fourth-order valence-electron chi connectivity index (χ4n) is 2.29. The summed E-state index contributed by atoms with van der Waals surface area (Å²) >= 11 is 0.946. The Morgan fingerprint density at radius 3 is 2.70 bits per heavy atom. The number of ether oxygens (including phenoxy) is 1. The minimum atomic E-state index is -4.69. The van der Waals surface area contributed by atoms with E-state index < -0.39 is 32.8 Å². The minimum absolute atomic E-state index is 0.128. The monoisotopic (exact) mass is 461 g/mol. The second kappa shape index (κ2) is 8.44. The van der Waals surface area contributed by atoms with Crippen LogP contribution in [0, 0.1) is 0 Å². The first-order chi connectivity index (χ1) is 14.1. The van der Waals surface area contributed by atoms with Gasteiger partial charge < -0.3 is 13.6 Å². The van der Waals surface area contributed by atoms with Crippen molar-refractivity contribution in [2.24, 2.45) is 4.99 Å². The largest absolute Gasteiger partial charge is 0.450 e. The number of nitrogens with one attached hydrogen (secondary N) is 2. The van der Waals surface area contributed by atoms with Crippen molar-refractivity contribution < 1.29 is 35.3 Å².